The van der Waals surface area contributed by atoms with Crippen LogP contribution in [0.2, 0.25) is 0 Å². The number of carbonyl (C=O) groups is 1. The van der Waals surface area contributed by atoms with Gasteiger partial charge in [-0.05, 0) is 18.6 Å². The largest absolute Gasteiger partial charge is 0.373 e. The molecule has 7 heteroatoms. The molecule has 1 aliphatic rings. The molecule has 1 aromatic rings. The van der Waals surface area contributed by atoms with Gasteiger partial charge in [-0.15, -0.1) is 0 Å². The fourth-order valence-corrected chi connectivity index (χ4v) is 2.37. The molecule has 0 aromatic heterocycles. The van der Waals surface area contributed by atoms with E-state index < -0.39 is 0 Å². The van der Waals surface area contributed by atoms with Crippen LogP contribution in [0.15, 0.2) is 18.2 Å². The normalized spacial score (nSPS) is 18.4. The topological polar surface area (TPSA) is 84.7 Å². The number of nitro benzene ring substituents is 1. The van der Waals surface area contributed by atoms with Crippen molar-refractivity contribution in [1.29, 1.82) is 0 Å². The van der Waals surface area contributed by atoms with Crippen molar-refractivity contribution < 1.29 is 14.5 Å². The van der Waals surface area contributed by atoms with E-state index >= 15 is 0 Å². The van der Waals surface area contributed by atoms with Gasteiger partial charge in [-0.3, -0.25) is 14.9 Å². The Bertz CT molecular complexity index is 547. The van der Waals surface area contributed by atoms with Gasteiger partial charge in [0, 0.05) is 32.6 Å². The molecule has 0 aliphatic carbocycles. The molecule has 7 nitrogen and oxygen atoms in total. The molecule has 1 atom stereocenters. The molecule has 1 heterocycles. The van der Waals surface area contributed by atoms with E-state index in [9.17, 15) is 14.9 Å². The van der Waals surface area contributed by atoms with Gasteiger partial charge in [-0.25, -0.2) is 0 Å². The van der Waals surface area contributed by atoms with Crippen LogP contribution in [-0.4, -0.2) is 43.2 Å². The van der Waals surface area contributed by atoms with Gasteiger partial charge in [0.05, 0.1) is 17.6 Å². The van der Waals surface area contributed by atoms with E-state index in [2.05, 4.69) is 5.32 Å². The first kappa shape index (κ1) is 15.2. The van der Waals surface area contributed by atoms with Crippen LogP contribution in [0, 0.1) is 17.0 Å². The van der Waals surface area contributed by atoms with Crippen molar-refractivity contribution in [3.63, 3.8) is 0 Å². The molecule has 1 saturated heterocycles. The van der Waals surface area contributed by atoms with Crippen molar-refractivity contribution in [3.05, 3.63) is 33.9 Å². The molecule has 1 aromatic carbocycles. The minimum absolute atomic E-state index is 0.107. The number of amides is 1. The predicted octanol–water partition coefficient (Wildman–Crippen LogP) is 1.24. The second-order valence-corrected chi connectivity index (χ2v) is 5.13. The number of rotatable bonds is 4. The van der Waals surface area contributed by atoms with Crippen molar-refractivity contribution in [2.75, 3.05) is 31.1 Å². The van der Waals surface area contributed by atoms with Crippen LogP contribution in [0.5, 0.6) is 0 Å². The highest BCUT2D eigenvalue weighted by Crippen LogP contribution is 2.30. The molecule has 114 valence electrons. The molecule has 21 heavy (non-hydrogen) atoms. The van der Waals surface area contributed by atoms with E-state index in [1.807, 2.05) is 17.9 Å². The van der Waals surface area contributed by atoms with Gasteiger partial charge in [0.2, 0.25) is 5.91 Å². The van der Waals surface area contributed by atoms with E-state index in [4.69, 9.17) is 4.74 Å². The summed E-state index contributed by atoms with van der Waals surface area (Å²) in [6.07, 6.45) is -0.163. The Balaban J connectivity index is 2.14. The van der Waals surface area contributed by atoms with E-state index in [1.165, 1.54) is 6.92 Å². The number of nitro groups is 1. The Hall–Kier alpha value is -2.15. The maximum Gasteiger partial charge on any atom is 0.292 e. The minimum atomic E-state index is -0.360. The molecule has 0 bridgehead atoms. The average Bonchev–Trinajstić information content (AvgIpc) is 2.45. The first-order valence-corrected chi connectivity index (χ1v) is 6.83. The third kappa shape index (κ3) is 3.91. The molecular weight excluding hydrogens is 274 g/mol. The number of hydrogen-bond acceptors (Lipinski definition) is 5. The molecule has 1 fully saturated rings. The van der Waals surface area contributed by atoms with Gasteiger partial charge in [-0.2, -0.15) is 0 Å². The molecule has 1 N–H and O–H groups in total. The summed E-state index contributed by atoms with van der Waals surface area (Å²) in [6.45, 7) is 5.28. The zero-order valence-corrected chi connectivity index (χ0v) is 12.2. The average molecular weight is 293 g/mol. The maximum atomic E-state index is 11.2. The van der Waals surface area contributed by atoms with Crippen molar-refractivity contribution >= 4 is 17.3 Å². The third-order valence-electron chi connectivity index (χ3n) is 3.39. The van der Waals surface area contributed by atoms with Gasteiger partial charge < -0.3 is 15.0 Å². The maximum absolute atomic E-state index is 11.2. The second-order valence-electron chi connectivity index (χ2n) is 5.13. The highest BCUT2D eigenvalue weighted by atomic mass is 16.6. The lowest BCUT2D eigenvalue weighted by Gasteiger charge is -2.34. The first-order valence-electron chi connectivity index (χ1n) is 6.83. The van der Waals surface area contributed by atoms with Gasteiger partial charge in [-0.1, -0.05) is 6.07 Å². The van der Waals surface area contributed by atoms with Crippen LogP contribution >= 0.6 is 0 Å². The molecule has 0 spiro atoms. The van der Waals surface area contributed by atoms with Crippen LogP contribution in [-0.2, 0) is 9.53 Å². The lowest BCUT2D eigenvalue weighted by Crippen LogP contribution is -2.47. The van der Waals surface area contributed by atoms with Crippen molar-refractivity contribution in [3.8, 4) is 0 Å². The fourth-order valence-electron chi connectivity index (χ4n) is 2.37. The van der Waals surface area contributed by atoms with Crippen LogP contribution in [0.25, 0.3) is 0 Å². The molecule has 2 rings (SSSR count). The number of nitrogens with zero attached hydrogens (tertiary/aromatic N) is 2. The quantitative estimate of drug-likeness (QED) is 0.667. The monoisotopic (exact) mass is 293 g/mol. The standard InChI is InChI=1S/C14H19N3O4/c1-10-3-4-13(14(7-10)17(19)20)16-5-6-21-12(9-16)8-15-11(2)18/h3-4,7,12H,5-6,8-9H2,1-2H3,(H,15,18). The van der Waals surface area contributed by atoms with Gasteiger partial charge in [0.1, 0.15) is 5.69 Å². The van der Waals surface area contributed by atoms with Crippen molar-refractivity contribution in [1.82, 2.24) is 5.32 Å². The van der Waals surface area contributed by atoms with E-state index in [0.717, 1.165) is 5.56 Å². The number of aryl methyl sites for hydroxylation is 1. The summed E-state index contributed by atoms with van der Waals surface area (Å²) in [7, 11) is 0. The molecule has 1 unspecified atom stereocenters. The number of benzene rings is 1. The van der Waals surface area contributed by atoms with E-state index in [0.29, 0.717) is 31.9 Å². The summed E-state index contributed by atoms with van der Waals surface area (Å²) in [5, 5.41) is 13.9. The summed E-state index contributed by atoms with van der Waals surface area (Å²) in [5.74, 6) is -0.114. The Labute approximate surface area is 123 Å². The van der Waals surface area contributed by atoms with Crippen molar-refractivity contribution in [2.24, 2.45) is 0 Å². The van der Waals surface area contributed by atoms with E-state index in [-0.39, 0.29) is 22.6 Å². The lowest BCUT2D eigenvalue weighted by molar-refractivity contribution is -0.384. The summed E-state index contributed by atoms with van der Waals surface area (Å²) in [6, 6.07) is 5.21. The SMILES string of the molecule is CC(=O)NCC1CN(c2ccc(C)cc2[N+](=O)[O-])CCO1. The second kappa shape index (κ2) is 6.53. The number of nitrogens with one attached hydrogen (secondary N) is 1. The number of carbonyl (C=O) groups excluding carboxylic acids is 1. The van der Waals surface area contributed by atoms with Gasteiger partial charge in [0.15, 0.2) is 0 Å². The molecule has 1 aliphatic heterocycles. The van der Waals surface area contributed by atoms with Crippen LogP contribution < -0.4 is 10.2 Å². The highest BCUT2D eigenvalue weighted by Gasteiger charge is 2.26. The van der Waals surface area contributed by atoms with Gasteiger partial charge in [0.25, 0.3) is 5.69 Å². The smallest absolute Gasteiger partial charge is 0.292 e. The first-order chi connectivity index (χ1) is 9.97. The molecule has 0 saturated carbocycles. The minimum Gasteiger partial charge on any atom is -0.373 e. The highest BCUT2D eigenvalue weighted by molar-refractivity contribution is 5.72. The van der Waals surface area contributed by atoms with Gasteiger partial charge >= 0.3 is 0 Å². The van der Waals surface area contributed by atoms with E-state index in [1.54, 1.807) is 12.1 Å². The molecular formula is C14H19N3O4. The summed E-state index contributed by atoms with van der Waals surface area (Å²) >= 11 is 0. The Morgan fingerprint density at radius 2 is 2.33 bits per heavy atom. The predicted molar refractivity (Wildman–Crippen MR) is 78.5 cm³/mol. The summed E-state index contributed by atoms with van der Waals surface area (Å²) in [5.41, 5.74) is 1.56. The Morgan fingerprint density at radius 3 is 3.00 bits per heavy atom. The summed E-state index contributed by atoms with van der Waals surface area (Å²) < 4.78 is 5.58. The summed E-state index contributed by atoms with van der Waals surface area (Å²) in [4.78, 5) is 23.7. The molecule has 0 radical (unpaired) electrons. The lowest BCUT2D eigenvalue weighted by atomic mass is 10.1. The Kier molecular flexibility index (Phi) is 4.74. The van der Waals surface area contributed by atoms with Crippen molar-refractivity contribution in [2.45, 2.75) is 20.0 Å². The number of morpholine rings is 1. The van der Waals surface area contributed by atoms with Crippen LogP contribution in [0.1, 0.15) is 12.5 Å². The number of ether oxygens (including phenoxy) is 1. The third-order valence-corrected chi connectivity index (χ3v) is 3.39. The zero-order chi connectivity index (χ0) is 15.4. The Morgan fingerprint density at radius 1 is 1.57 bits per heavy atom. The molecule has 1 amide bonds. The fraction of sp³-hybridized carbons (Fsp3) is 0.500. The van der Waals surface area contributed by atoms with Crippen LogP contribution in [0.3, 0.4) is 0 Å². The zero-order valence-electron chi connectivity index (χ0n) is 12.2. The number of hydrogen-bond donors (Lipinski definition) is 1. The van der Waals surface area contributed by atoms with Crippen LogP contribution in [0.4, 0.5) is 11.4 Å². The number of anilines is 1.